The minimum atomic E-state index is -0.394. The largest absolute Gasteiger partial charge is 0.382 e. The normalized spacial score (nSPS) is 14.5. The van der Waals surface area contributed by atoms with Gasteiger partial charge in [-0.05, 0) is 6.92 Å². The zero-order valence-electron chi connectivity index (χ0n) is 6.66. The van der Waals surface area contributed by atoms with E-state index < -0.39 is 6.04 Å². The maximum absolute atomic E-state index is 8.50. The van der Waals surface area contributed by atoms with Gasteiger partial charge in [-0.2, -0.15) is 10.5 Å². The standard InChI is InChI=1S/C7H11N3O/c1-6(3-8)10-7(4-9)5-11-2/h6-7,10H,5H2,1-2H3. The second kappa shape index (κ2) is 5.67. The van der Waals surface area contributed by atoms with Crippen molar-refractivity contribution in [2.45, 2.75) is 19.0 Å². The molecule has 0 aromatic carbocycles. The molecule has 0 amide bonds. The lowest BCUT2D eigenvalue weighted by atomic mass is 10.3. The van der Waals surface area contributed by atoms with Gasteiger partial charge < -0.3 is 4.74 Å². The fourth-order valence-electron chi connectivity index (χ4n) is 0.628. The van der Waals surface area contributed by atoms with Crippen LogP contribution in [0.2, 0.25) is 0 Å². The molecule has 4 nitrogen and oxygen atoms in total. The van der Waals surface area contributed by atoms with Gasteiger partial charge in [0.15, 0.2) is 0 Å². The van der Waals surface area contributed by atoms with E-state index in [0.29, 0.717) is 6.61 Å². The van der Waals surface area contributed by atoms with Gasteiger partial charge in [0.2, 0.25) is 0 Å². The Bertz CT molecular complexity index is 179. The number of nitriles is 2. The van der Waals surface area contributed by atoms with E-state index in [1.54, 1.807) is 6.92 Å². The zero-order valence-corrected chi connectivity index (χ0v) is 6.66. The van der Waals surface area contributed by atoms with Crippen LogP contribution in [0.25, 0.3) is 0 Å². The molecule has 0 aromatic heterocycles. The summed E-state index contributed by atoms with van der Waals surface area (Å²) in [5.41, 5.74) is 0. The van der Waals surface area contributed by atoms with E-state index in [2.05, 4.69) is 5.32 Å². The molecule has 4 heteroatoms. The Morgan fingerprint density at radius 2 is 2.09 bits per heavy atom. The molecule has 0 fully saturated rings. The molecule has 2 unspecified atom stereocenters. The third-order valence-corrected chi connectivity index (χ3v) is 1.13. The van der Waals surface area contributed by atoms with Crippen molar-refractivity contribution in [1.29, 1.82) is 10.5 Å². The van der Waals surface area contributed by atoms with Crippen molar-refractivity contribution in [3.05, 3.63) is 0 Å². The fourth-order valence-corrected chi connectivity index (χ4v) is 0.628. The molecule has 0 aliphatic heterocycles. The van der Waals surface area contributed by atoms with Crippen molar-refractivity contribution in [3.63, 3.8) is 0 Å². The van der Waals surface area contributed by atoms with Crippen LogP contribution in [0.1, 0.15) is 6.92 Å². The van der Waals surface area contributed by atoms with Gasteiger partial charge in [-0.1, -0.05) is 0 Å². The smallest absolute Gasteiger partial charge is 0.120 e. The minimum Gasteiger partial charge on any atom is -0.382 e. The number of nitrogens with zero attached hydrogens (tertiary/aromatic N) is 2. The quantitative estimate of drug-likeness (QED) is 0.618. The maximum Gasteiger partial charge on any atom is 0.120 e. The Labute approximate surface area is 66.4 Å². The molecular formula is C7H11N3O. The van der Waals surface area contributed by atoms with Gasteiger partial charge in [0, 0.05) is 7.11 Å². The molecule has 0 saturated heterocycles. The van der Waals surface area contributed by atoms with Crippen LogP contribution in [-0.2, 0) is 4.74 Å². The summed E-state index contributed by atoms with van der Waals surface area (Å²) in [6, 6.07) is 3.25. The molecule has 1 N–H and O–H groups in total. The zero-order chi connectivity index (χ0) is 8.69. The lowest BCUT2D eigenvalue weighted by molar-refractivity contribution is 0.181. The molecule has 0 rings (SSSR count). The fraction of sp³-hybridized carbons (Fsp3) is 0.714. The molecule has 60 valence electrons. The van der Waals surface area contributed by atoms with Crippen LogP contribution in [0, 0.1) is 22.7 Å². The third-order valence-electron chi connectivity index (χ3n) is 1.13. The molecule has 0 bridgehead atoms. The van der Waals surface area contributed by atoms with Crippen LogP contribution in [0.4, 0.5) is 0 Å². The van der Waals surface area contributed by atoms with Crippen LogP contribution < -0.4 is 5.32 Å². The molecular weight excluding hydrogens is 142 g/mol. The summed E-state index contributed by atoms with van der Waals surface area (Å²) in [7, 11) is 1.52. The summed E-state index contributed by atoms with van der Waals surface area (Å²) in [6.07, 6.45) is 0. The highest BCUT2D eigenvalue weighted by atomic mass is 16.5. The topological polar surface area (TPSA) is 68.8 Å². The highest BCUT2D eigenvalue weighted by Crippen LogP contribution is 1.85. The van der Waals surface area contributed by atoms with E-state index in [0.717, 1.165) is 0 Å². The van der Waals surface area contributed by atoms with E-state index in [1.165, 1.54) is 7.11 Å². The molecule has 0 radical (unpaired) electrons. The summed E-state index contributed by atoms with van der Waals surface area (Å²) < 4.78 is 4.75. The van der Waals surface area contributed by atoms with Crippen LogP contribution in [0.15, 0.2) is 0 Å². The van der Waals surface area contributed by atoms with E-state index in [4.69, 9.17) is 15.3 Å². The van der Waals surface area contributed by atoms with Crippen molar-refractivity contribution >= 4 is 0 Å². The van der Waals surface area contributed by atoms with E-state index in [-0.39, 0.29) is 6.04 Å². The van der Waals surface area contributed by atoms with Gasteiger partial charge in [0.1, 0.15) is 6.04 Å². The number of ether oxygens (including phenoxy) is 1. The summed E-state index contributed by atoms with van der Waals surface area (Å²) in [6.45, 7) is 2.00. The first-order valence-electron chi connectivity index (χ1n) is 3.28. The van der Waals surface area contributed by atoms with Crippen LogP contribution in [0.5, 0.6) is 0 Å². The predicted molar refractivity (Wildman–Crippen MR) is 39.5 cm³/mol. The van der Waals surface area contributed by atoms with Gasteiger partial charge in [0.25, 0.3) is 0 Å². The van der Waals surface area contributed by atoms with Gasteiger partial charge in [-0.15, -0.1) is 0 Å². The molecule has 0 heterocycles. The second-order valence-corrected chi connectivity index (χ2v) is 2.15. The monoisotopic (exact) mass is 153 g/mol. The summed E-state index contributed by atoms with van der Waals surface area (Å²) in [5.74, 6) is 0. The van der Waals surface area contributed by atoms with Crippen LogP contribution >= 0.6 is 0 Å². The Hall–Kier alpha value is -1.10. The average molecular weight is 153 g/mol. The summed E-state index contributed by atoms with van der Waals surface area (Å²) in [4.78, 5) is 0. The Morgan fingerprint density at radius 3 is 2.45 bits per heavy atom. The Balaban J connectivity index is 3.72. The first-order valence-corrected chi connectivity index (χ1v) is 3.28. The maximum atomic E-state index is 8.50. The van der Waals surface area contributed by atoms with Gasteiger partial charge >= 0.3 is 0 Å². The Kier molecular flexibility index (Phi) is 5.10. The number of methoxy groups -OCH3 is 1. The first kappa shape index (κ1) is 9.90. The number of hydrogen-bond acceptors (Lipinski definition) is 4. The lowest BCUT2D eigenvalue weighted by Gasteiger charge is -2.10. The summed E-state index contributed by atoms with van der Waals surface area (Å²) >= 11 is 0. The van der Waals surface area contributed by atoms with Crippen molar-refractivity contribution < 1.29 is 4.74 Å². The third kappa shape index (κ3) is 4.32. The van der Waals surface area contributed by atoms with Gasteiger partial charge in [0.05, 0.1) is 24.8 Å². The molecule has 0 spiro atoms. The van der Waals surface area contributed by atoms with E-state index in [9.17, 15) is 0 Å². The van der Waals surface area contributed by atoms with Crippen molar-refractivity contribution in [2.24, 2.45) is 0 Å². The van der Waals surface area contributed by atoms with Gasteiger partial charge in [-0.25, -0.2) is 0 Å². The number of nitrogens with one attached hydrogen (secondary N) is 1. The average Bonchev–Trinajstić information content (AvgIpc) is 2.03. The highest BCUT2D eigenvalue weighted by molar-refractivity contribution is 4.96. The molecule has 11 heavy (non-hydrogen) atoms. The van der Waals surface area contributed by atoms with E-state index in [1.807, 2.05) is 12.1 Å². The van der Waals surface area contributed by atoms with Crippen LogP contribution in [-0.4, -0.2) is 25.8 Å². The Morgan fingerprint density at radius 1 is 1.45 bits per heavy atom. The number of hydrogen-bond donors (Lipinski definition) is 1. The van der Waals surface area contributed by atoms with Crippen molar-refractivity contribution in [3.8, 4) is 12.1 Å². The predicted octanol–water partition coefficient (Wildman–Crippen LogP) is 0.0267. The molecule has 0 aliphatic carbocycles. The first-order chi connectivity index (χ1) is 5.24. The SMILES string of the molecule is COCC(C#N)NC(C)C#N. The van der Waals surface area contributed by atoms with E-state index >= 15 is 0 Å². The van der Waals surface area contributed by atoms with Crippen LogP contribution in [0.3, 0.4) is 0 Å². The summed E-state index contributed by atoms with van der Waals surface area (Å²) in [5, 5.41) is 19.7. The lowest BCUT2D eigenvalue weighted by Crippen LogP contribution is -2.37. The molecule has 2 atom stereocenters. The van der Waals surface area contributed by atoms with Crippen molar-refractivity contribution in [1.82, 2.24) is 5.32 Å². The molecule has 0 aliphatic rings. The van der Waals surface area contributed by atoms with Gasteiger partial charge in [-0.3, -0.25) is 5.32 Å². The molecule has 0 aromatic rings. The minimum absolute atomic E-state index is 0.308. The number of rotatable bonds is 4. The highest BCUT2D eigenvalue weighted by Gasteiger charge is 2.08. The molecule has 0 saturated carbocycles. The van der Waals surface area contributed by atoms with Crippen molar-refractivity contribution in [2.75, 3.05) is 13.7 Å². The second-order valence-electron chi connectivity index (χ2n) is 2.15.